The maximum absolute atomic E-state index is 12.3. The highest BCUT2D eigenvalue weighted by Gasteiger charge is 2.32. The van der Waals surface area contributed by atoms with E-state index in [1.807, 2.05) is 32.6 Å². The monoisotopic (exact) mass is 284 g/mol. The molecule has 1 fully saturated rings. The number of piperazine rings is 1. The lowest BCUT2D eigenvalue weighted by Crippen LogP contribution is -2.57. The predicted molar refractivity (Wildman–Crippen MR) is 79.1 cm³/mol. The van der Waals surface area contributed by atoms with Gasteiger partial charge in [0.2, 0.25) is 11.8 Å². The molecule has 0 radical (unpaired) electrons. The van der Waals surface area contributed by atoms with E-state index in [9.17, 15) is 9.59 Å². The Morgan fingerprint density at radius 1 is 1.20 bits per heavy atom. The summed E-state index contributed by atoms with van der Waals surface area (Å²) in [4.78, 5) is 27.7. The molecule has 0 aromatic rings. The van der Waals surface area contributed by atoms with Crippen molar-refractivity contribution >= 4 is 11.8 Å². The fourth-order valence-electron chi connectivity index (χ4n) is 2.15. The van der Waals surface area contributed by atoms with Gasteiger partial charge in [-0.05, 0) is 12.3 Å². The maximum atomic E-state index is 12.3. The molecule has 0 aromatic carbocycles. The third-order valence-electron chi connectivity index (χ3n) is 3.62. The zero-order valence-corrected chi connectivity index (χ0v) is 13.1. The summed E-state index contributed by atoms with van der Waals surface area (Å²) in [5, 5.41) is 2.78. The molecule has 1 heterocycles. The van der Waals surface area contributed by atoms with Crippen molar-refractivity contribution in [1.29, 1.82) is 0 Å². The van der Waals surface area contributed by atoms with Crippen LogP contribution in [-0.4, -0.2) is 66.9 Å². The molecule has 6 heteroatoms. The first-order valence-electron chi connectivity index (χ1n) is 7.29. The zero-order valence-electron chi connectivity index (χ0n) is 13.1. The van der Waals surface area contributed by atoms with Crippen molar-refractivity contribution in [3.8, 4) is 0 Å². The molecule has 0 spiro atoms. The standard InChI is InChI=1S/C14H28N4O2/c1-5-16-11(19)10-17-6-8-18(9-7-17)13(20)12(15)14(2,3)4/h12H,5-10,15H2,1-4H3,(H,16,19)/t12-/m0/s1. The van der Waals surface area contributed by atoms with Crippen molar-refractivity contribution in [3.63, 3.8) is 0 Å². The lowest BCUT2D eigenvalue weighted by atomic mass is 9.86. The van der Waals surface area contributed by atoms with Crippen molar-refractivity contribution < 1.29 is 9.59 Å². The van der Waals surface area contributed by atoms with Gasteiger partial charge in [-0.1, -0.05) is 20.8 Å². The fourth-order valence-corrected chi connectivity index (χ4v) is 2.15. The third-order valence-corrected chi connectivity index (χ3v) is 3.62. The molecule has 6 nitrogen and oxygen atoms in total. The number of carbonyl (C=O) groups excluding carboxylic acids is 2. The van der Waals surface area contributed by atoms with E-state index >= 15 is 0 Å². The molecule has 0 unspecified atom stereocenters. The lowest BCUT2D eigenvalue weighted by Gasteiger charge is -2.37. The second-order valence-corrected chi connectivity index (χ2v) is 6.40. The molecule has 0 aliphatic carbocycles. The van der Waals surface area contributed by atoms with Crippen molar-refractivity contribution in [2.75, 3.05) is 39.3 Å². The van der Waals surface area contributed by atoms with Crippen molar-refractivity contribution in [3.05, 3.63) is 0 Å². The Morgan fingerprint density at radius 2 is 1.75 bits per heavy atom. The molecule has 1 saturated heterocycles. The third kappa shape index (κ3) is 4.76. The first kappa shape index (κ1) is 16.9. The fraction of sp³-hybridized carbons (Fsp3) is 0.857. The van der Waals surface area contributed by atoms with Gasteiger partial charge in [0.1, 0.15) is 0 Å². The van der Waals surface area contributed by atoms with Gasteiger partial charge in [-0.2, -0.15) is 0 Å². The summed E-state index contributed by atoms with van der Waals surface area (Å²) < 4.78 is 0. The molecule has 0 saturated carbocycles. The number of nitrogens with zero attached hydrogens (tertiary/aromatic N) is 2. The summed E-state index contributed by atoms with van der Waals surface area (Å²) >= 11 is 0. The SMILES string of the molecule is CCNC(=O)CN1CCN(C(=O)[C@H](N)C(C)(C)C)CC1. The van der Waals surface area contributed by atoms with Crippen LogP contribution in [0.3, 0.4) is 0 Å². The molecular formula is C14H28N4O2. The first-order valence-corrected chi connectivity index (χ1v) is 7.29. The van der Waals surface area contributed by atoms with E-state index in [1.165, 1.54) is 0 Å². The normalized spacial score (nSPS) is 18.8. The van der Waals surface area contributed by atoms with Crippen molar-refractivity contribution in [1.82, 2.24) is 15.1 Å². The smallest absolute Gasteiger partial charge is 0.240 e. The van der Waals surface area contributed by atoms with Crippen molar-refractivity contribution in [2.24, 2.45) is 11.1 Å². The van der Waals surface area contributed by atoms with E-state index in [4.69, 9.17) is 5.73 Å². The predicted octanol–water partition coefficient (Wildman–Crippen LogP) is -0.360. The molecule has 1 aliphatic rings. The summed E-state index contributed by atoms with van der Waals surface area (Å²) in [5.74, 6) is 0.0498. The highest BCUT2D eigenvalue weighted by atomic mass is 16.2. The molecule has 1 rings (SSSR count). The summed E-state index contributed by atoms with van der Waals surface area (Å²) in [6, 6.07) is -0.475. The van der Waals surface area contributed by atoms with Gasteiger partial charge in [0, 0.05) is 32.7 Å². The van der Waals surface area contributed by atoms with E-state index in [1.54, 1.807) is 0 Å². The minimum Gasteiger partial charge on any atom is -0.355 e. The van der Waals surface area contributed by atoms with E-state index < -0.39 is 6.04 Å². The van der Waals surface area contributed by atoms with Crippen LogP contribution in [0.1, 0.15) is 27.7 Å². The zero-order chi connectivity index (χ0) is 15.3. The van der Waals surface area contributed by atoms with Crippen LogP contribution in [0, 0.1) is 5.41 Å². The van der Waals surface area contributed by atoms with E-state index in [0.29, 0.717) is 26.2 Å². The topological polar surface area (TPSA) is 78.7 Å². The van der Waals surface area contributed by atoms with Gasteiger partial charge in [-0.25, -0.2) is 0 Å². The maximum Gasteiger partial charge on any atom is 0.240 e. The van der Waals surface area contributed by atoms with Crippen LogP contribution in [0.4, 0.5) is 0 Å². The molecule has 20 heavy (non-hydrogen) atoms. The Morgan fingerprint density at radius 3 is 2.20 bits per heavy atom. The number of rotatable bonds is 4. The number of nitrogens with one attached hydrogen (secondary N) is 1. The lowest BCUT2D eigenvalue weighted by molar-refractivity contribution is -0.136. The number of hydrogen-bond donors (Lipinski definition) is 2. The summed E-state index contributed by atoms with van der Waals surface area (Å²) in [6.07, 6.45) is 0. The summed E-state index contributed by atoms with van der Waals surface area (Å²) in [5.41, 5.74) is 5.78. The molecule has 1 atom stereocenters. The second-order valence-electron chi connectivity index (χ2n) is 6.40. The van der Waals surface area contributed by atoms with E-state index in [-0.39, 0.29) is 17.2 Å². The first-order chi connectivity index (χ1) is 9.25. The Bertz CT molecular complexity index is 344. The second kappa shape index (κ2) is 7.04. The van der Waals surface area contributed by atoms with Gasteiger partial charge in [-0.15, -0.1) is 0 Å². The number of amides is 2. The highest BCUT2D eigenvalue weighted by molar-refractivity contribution is 5.82. The van der Waals surface area contributed by atoms with Crippen LogP contribution >= 0.6 is 0 Å². The van der Waals surface area contributed by atoms with Crippen LogP contribution in [-0.2, 0) is 9.59 Å². The minimum atomic E-state index is -0.475. The van der Waals surface area contributed by atoms with E-state index in [0.717, 1.165) is 13.1 Å². The number of hydrogen-bond acceptors (Lipinski definition) is 4. The average Bonchev–Trinajstić information content (AvgIpc) is 2.37. The number of nitrogens with two attached hydrogens (primary N) is 1. The van der Waals surface area contributed by atoms with Crippen molar-refractivity contribution in [2.45, 2.75) is 33.7 Å². The molecular weight excluding hydrogens is 256 g/mol. The number of carbonyl (C=O) groups is 2. The van der Waals surface area contributed by atoms with Crippen LogP contribution in [0.5, 0.6) is 0 Å². The van der Waals surface area contributed by atoms with Gasteiger partial charge in [0.15, 0.2) is 0 Å². The largest absolute Gasteiger partial charge is 0.355 e. The van der Waals surface area contributed by atoms with Crippen LogP contribution < -0.4 is 11.1 Å². The Balaban J connectivity index is 2.42. The molecule has 2 amide bonds. The van der Waals surface area contributed by atoms with Crippen LogP contribution in [0.15, 0.2) is 0 Å². The molecule has 116 valence electrons. The quantitative estimate of drug-likeness (QED) is 0.739. The summed E-state index contributed by atoms with van der Waals surface area (Å²) in [6.45, 7) is 11.6. The van der Waals surface area contributed by atoms with Gasteiger partial charge >= 0.3 is 0 Å². The van der Waals surface area contributed by atoms with Gasteiger partial charge in [0.25, 0.3) is 0 Å². The summed E-state index contributed by atoms with van der Waals surface area (Å²) in [7, 11) is 0. The van der Waals surface area contributed by atoms with E-state index in [2.05, 4.69) is 10.2 Å². The van der Waals surface area contributed by atoms with Crippen LogP contribution in [0.25, 0.3) is 0 Å². The van der Waals surface area contributed by atoms with Gasteiger partial charge in [0.05, 0.1) is 12.6 Å². The Labute approximate surface area is 121 Å². The van der Waals surface area contributed by atoms with Gasteiger partial charge in [-0.3, -0.25) is 14.5 Å². The number of likely N-dealkylation sites (N-methyl/N-ethyl adjacent to an activating group) is 1. The molecule has 0 bridgehead atoms. The highest BCUT2D eigenvalue weighted by Crippen LogP contribution is 2.19. The Kier molecular flexibility index (Phi) is 5.95. The Hall–Kier alpha value is -1.14. The van der Waals surface area contributed by atoms with Gasteiger partial charge < -0.3 is 16.0 Å². The average molecular weight is 284 g/mol. The molecule has 1 aliphatic heterocycles. The minimum absolute atomic E-state index is 0.00941. The van der Waals surface area contributed by atoms with Crippen LogP contribution in [0.2, 0.25) is 0 Å². The molecule has 0 aromatic heterocycles. The molecule has 3 N–H and O–H groups in total.